The molecule has 3 unspecified atom stereocenters. The maximum atomic E-state index is 13.1. The Morgan fingerprint density at radius 1 is 0.952 bits per heavy atom. The number of aryl methyl sites for hydroxylation is 2. The van der Waals surface area contributed by atoms with E-state index in [0.717, 1.165) is 30.7 Å². The summed E-state index contributed by atoms with van der Waals surface area (Å²) >= 11 is 0. The standard InChI is InChI=1S/C20H20O/c21-20(18-11-12-4-5-15(18)10-12)17-9-8-14-7-6-13-2-1-3-16(17)19(13)14/h1-3,8-9,12,15,18H,4-7,10-11H2. The third kappa shape index (κ3) is 1.61. The van der Waals surface area contributed by atoms with Crippen LogP contribution >= 0.6 is 0 Å². The smallest absolute Gasteiger partial charge is 0.166 e. The molecule has 0 N–H and O–H groups in total. The predicted octanol–water partition coefficient (Wildman–Crippen LogP) is 4.56. The van der Waals surface area contributed by atoms with Crippen molar-refractivity contribution in [2.75, 3.05) is 0 Å². The molecule has 5 rings (SSSR count). The summed E-state index contributed by atoms with van der Waals surface area (Å²) in [6.45, 7) is 0. The van der Waals surface area contributed by atoms with Gasteiger partial charge in [-0.05, 0) is 65.8 Å². The number of rotatable bonds is 2. The van der Waals surface area contributed by atoms with Gasteiger partial charge in [-0.1, -0.05) is 36.8 Å². The summed E-state index contributed by atoms with van der Waals surface area (Å²) in [5.41, 5.74) is 3.87. The molecule has 0 aliphatic heterocycles. The van der Waals surface area contributed by atoms with Crippen LogP contribution in [0.3, 0.4) is 0 Å². The lowest BCUT2D eigenvalue weighted by atomic mass is 9.82. The fraction of sp³-hybridized carbons (Fsp3) is 0.450. The minimum Gasteiger partial charge on any atom is -0.294 e. The molecule has 1 nitrogen and oxygen atoms in total. The number of benzene rings is 2. The summed E-state index contributed by atoms with van der Waals surface area (Å²) in [4.78, 5) is 13.1. The van der Waals surface area contributed by atoms with E-state index in [-0.39, 0.29) is 0 Å². The molecule has 21 heavy (non-hydrogen) atoms. The molecule has 0 amide bonds. The molecular formula is C20H20O. The van der Waals surface area contributed by atoms with Crippen LogP contribution < -0.4 is 0 Å². The van der Waals surface area contributed by atoms with Crippen LogP contribution in [0, 0.1) is 17.8 Å². The van der Waals surface area contributed by atoms with Crippen molar-refractivity contribution in [1.29, 1.82) is 0 Å². The van der Waals surface area contributed by atoms with E-state index in [9.17, 15) is 4.79 Å². The fourth-order valence-electron chi connectivity index (χ4n) is 5.23. The van der Waals surface area contributed by atoms with Crippen LogP contribution in [0.15, 0.2) is 30.3 Å². The second-order valence-corrected chi connectivity index (χ2v) is 7.26. The van der Waals surface area contributed by atoms with Crippen LogP contribution in [0.5, 0.6) is 0 Å². The molecule has 3 aliphatic carbocycles. The van der Waals surface area contributed by atoms with Crippen molar-refractivity contribution in [1.82, 2.24) is 0 Å². The highest BCUT2D eigenvalue weighted by Gasteiger charge is 2.43. The molecule has 2 fully saturated rings. The quantitative estimate of drug-likeness (QED) is 0.735. The Morgan fingerprint density at radius 2 is 1.81 bits per heavy atom. The molecule has 0 spiro atoms. The van der Waals surface area contributed by atoms with Gasteiger partial charge in [-0.2, -0.15) is 0 Å². The van der Waals surface area contributed by atoms with E-state index >= 15 is 0 Å². The normalized spacial score (nSPS) is 29.4. The lowest BCUT2D eigenvalue weighted by Gasteiger charge is -2.21. The first-order chi connectivity index (χ1) is 10.3. The van der Waals surface area contributed by atoms with Gasteiger partial charge in [0.2, 0.25) is 0 Å². The Hall–Kier alpha value is -1.63. The summed E-state index contributed by atoms with van der Waals surface area (Å²) in [6, 6.07) is 10.8. The topological polar surface area (TPSA) is 17.1 Å². The zero-order chi connectivity index (χ0) is 14.0. The van der Waals surface area contributed by atoms with Crippen molar-refractivity contribution >= 4 is 16.6 Å². The van der Waals surface area contributed by atoms with Crippen molar-refractivity contribution in [3.8, 4) is 0 Å². The van der Waals surface area contributed by atoms with E-state index in [0.29, 0.717) is 17.6 Å². The number of carbonyl (C=O) groups is 1. The Kier molecular flexibility index (Phi) is 2.39. The maximum absolute atomic E-state index is 13.1. The largest absolute Gasteiger partial charge is 0.294 e. The van der Waals surface area contributed by atoms with E-state index in [1.165, 1.54) is 41.2 Å². The minimum absolute atomic E-state index is 0.308. The predicted molar refractivity (Wildman–Crippen MR) is 84.6 cm³/mol. The molecular weight excluding hydrogens is 256 g/mol. The molecule has 3 atom stereocenters. The molecule has 106 valence electrons. The van der Waals surface area contributed by atoms with E-state index < -0.39 is 0 Å². The van der Waals surface area contributed by atoms with Gasteiger partial charge in [0, 0.05) is 11.5 Å². The Bertz CT molecular complexity index is 748. The zero-order valence-electron chi connectivity index (χ0n) is 12.3. The zero-order valence-corrected chi connectivity index (χ0v) is 12.3. The molecule has 2 aromatic rings. The number of ketones is 1. The summed E-state index contributed by atoms with van der Waals surface area (Å²) in [6.07, 6.45) is 7.36. The molecule has 2 bridgehead atoms. The van der Waals surface area contributed by atoms with Crippen LogP contribution in [0.25, 0.3) is 10.8 Å². The highest BCUT2D eigenvalue weighted by Crippen LogP contribution is 2.49. The van der Waals surface area contributed by atoms with E-state index in [4.69, 9.17) is 0 Å². The SMILES string of the molecule is O=C(c1ccc2c3c(cccc13)CC2)C1CC2CCC1C2. The van der Waals surface area contributed by atoms with Crippen LogP contribution in [-0.4, -0.2) is 5.78 Å². The third-order valence-electron chi connectivity index (χ3n) is 6.22. The number of hydrogen-bond donors (Lipinski definition) is 0. The molecule has 0 saturated heterocycles. The van der Waals surface area contributed by atoms with Crippen LogP contribution in [0.4, 0.5) is 0 Å². The molecule has 0 aromatic heterocycles. The van der Waals surface area contributed by atoms with Crippen molar-refractivity contribution in [3.63, 3.8) is 0 Å². The van der Waals surface area contributed by atoms with Gasteiger partial charge in [0.25, 0.3) is 0 Å². The second-order valence-electron chi connectivity index (χ2n) is 7.26. The summed E-state index contributed by atoms with van der Waals surface area (Å²) < 4.78 is 0. The number of Topliss-reactive ketones (excluding diaryl/α,β-unsaturated/α-hetero) is 1. The van der Waals surface area contributed by atoms with Gasteiger partial charge in [-0.15, -0.1) is 0 Å². The van der Waals surface area contributed by atoms with Gasteiger partial charge < -0.3 is 0 Å². The fourth-order valence-corrected chi connectivity index (χ4v) is 5.23. The maximum Gasteiger partial charge on any atom is 0.166 e. The van der Waals surface area contributed by atoms with Gasteiger partial charge in [0.1, 0.15) is 0 Å². The number of fused-ring (bicyclic) bond motifs is 2. The summed E-state index contributed by atoms with van der Waals surface area (Å²) in [7, 11) is 0. The van der Waals surface area contributed by atoms with E-state index in [1.54, 1.807) is 0 Å². The summed E-state index contributed by atoms with van der Waals surface area (Å²) in [5.74, 6) is 2.24. The average Bonchev–Trinajstić information content (AvgIpc) is 3.23. The number of hydrogen-bond acceptors (Lipinski definition) is 1. The van der Waals surface area contributed by atoms with Gasteiger partial charge in [0.05, 0.1) is 0 Å². The van der Waals surface area contributed by atoms with Crippen molar-refractivity contribution in [3.05, 3.63) is 47.0 Å². The summed E-state index contributed by atoms with van der Waals surface area (Å²) in [5, 5.41) is 2.60. The first-order valence-electron chi connectivity index (χ1n) is 8.39. The third-order valence-corrected chi connectivity index (χ3v) is 6.22. The van der Waals surface area contributed by atoms with Crippen LogP contribution in [0.1, 0.15) is 47.2 Å². The Balaban J connectivity index is 1.64. The van der Waals surface area contributed by atoms with E-state index in [1.807, 2.05) is 0 Å². The first-order valence-corrected chi connectivity index (χ1v) is 8.39. The Labute approximate surface area is 125 Å². The number of carbonyl (C=O) groups excluding carboxylic acids is 1. The molecule has 0 heterocycles. The molecule has 2 saturated carbocycles. The van der Waals surface area contributed by atoms with Gasteiger partial charge >= 0.3 is 0 Å². The molecule has 3 aliphatic rings. The first kappa shape index (κ1) is 12.0. The van der Waals surface area contributed by atoms with Crippen LogP contribution in [0.2, 0.25) is 0 Å². The van der Waals surface area contributed by atoms with Crippen molar-refractivity contribution < 1.29 is 4.79 Å². The average molecular weight is 276 g/mol. The molecule has 2 aromatic carbocycles. The van der Waals surface area contributed by atoms with Crippen LogP contribution in [-0.2, 0) is 12.8 Å². The lowest BCUT2D eigenvalue weighted by Crippen LogP contribution is -2.21. The van der Waals surface area contributed by atoms with E-state index in [2.05, 4.69) is 30.3 Å². The van der Waals surface area contributed by atoms with Gasteiger partial charge in [-0.3, -0.25) is 4.79 Å². The monoisotopic (exact) mass is 276 g/mol. The van der Waals surface area contributed by atoms with Crippen molar-refractivity contribution in [2.24, 2.45) is 17.8 Å². The highest BCUT2D eigenvalue weighted by molar-refractivity contribution is 6.11. The second kappa shape index (κ2) is 4.19. The van der Waals surface area contributed by atoms with Crippen molar-refractivity contribution in [2.45, 2.75) is 38.5 Å². The van der Waals surface area contributed by atoms with Gasteiger partial charge in [-0.25, -0.2) is 0 Å². The van der Waals surface area contributed by atoms with Gasteiger partial charge in [0.15, 0.2) is 5.78 Å². The lowest BCUT2D eigenvalue weighted by molar-refractivity contribution is 0.0876. The minimum atomic E-state index is 0.308. The highest BCUT2D eigenvalue weighted by atomic mass is 16.1. The molecule has 0 radical (unpaired) electrons. The Morgan fingerprint density at radius 3 is 2.57 bits per heavy atom. The molecule has 1 heteroatoms.